The van der Waals surface area contributed by atoms with Gasteiger partial charge in [0.2, 0.25) is 0 Å². The molecule has 0 aliphatic rings. The van der Waals surface area contributed by atoms with E-state index in [1.807, 2.05) is 14.1 Å². The quantitative estimate of drug-likeness (QED) is 0.619. The molecule has 1 aromatic rings. The van der Waals surface area contributed by atoms with E-state index in [1.54, 1.807) is 6.07 Å². The van der Waals surface area contributed by atoms with Crippen LogP contribution in [0.15, 0.2) is 6.07 Å². The van der Waals surface area contributed by atoms with Crippen LogP contribution in [0.3, 0.4) is 0 Å². The van der Waals surface area contributed by atoms with Crippen molar-refractivity contribution in [2.75, 3.05) is 45.7 Å². The van der Waals surface area contributed by atoms with E-state index in [9.17, 15) is 0 Å². The van der Waals surface area contributed by atoms with Crippen molar-refractivity contribution in [3.05, 3.63) is 17.0 Å². The molecule has 1 heterocycles. The second-order valence-electron chi connectivity index (χ2n) is 5.99. The Bertz CT molecular complexity index is 418. The molecule has 0 unspecified atom stereocenters. The lowest BCUT2D eigenvalue weighted by Gasteiger charge is -2.18. The second-order valence-corrected chi connectivity index (χ2v) is 6.38. The smallest absolute Gasteiger partial charge is 0.137 e. The molecule has 0 fully saturated rings. The molecule has 0 bridgehead atoms. The third-order valence-corrected chi connectivity index (χ3v) is 2.79. The van der Waals surface area contributed by atoms with Crippen molar-refractivity contribution in [2.24, 2.45) is 0 Å². The van der Waals surface area contributed by atoms with Gasteiger partial charge < -0.3 is 15.0 Å². The summed E-state index contributed by atoms with van der Waals surface area (Å²) in [6, 6.07) is 1.73. The highest BCUT2D eigenvalue weighted by Crippen LogP contribution is 2.22. The number of halogens is 1. The maximum absolute atomic E-state index is 6.03. The molecule has 0 atom stereocenters. The summed E-state index contributed by atoms with van der Waals surface area (Å²) in [6.07, 6.45) is 0. The van der Waals surface area contributed by atoms with Crippen LogP contribution in [0.5, 0.6) is 0 Å². The Labute approximate surface area is 126 Å². The minimum absolute atomic E-state index is 0.121. The number of ether oxygens (including phenoxy) is 1. The number of aromatic nitrogens is 2. The van der Waals surface area contributed by atoms with Crippen molar-refractivity contribution in [3.8, 4) is 0 Å². The monoisotopic (exact) mass is 300 g/mol. The van der Waals surface area contributed by atoms with Gasteiger partial charge in [-0.05, 0) is 14.1 Å². The summed E-state index contributed by atoms with van der Waals surface area (Å²) < 4.78 is 5.51. The lowest BCUT2D eigenvalue weighted by molar-refractivity contribution is 0.126. The summed E-state index contributed by atoms with van der Waals surface area (Å²) in [6.45, 7) is 9.18. The van der Waals surface area contributed by atoms with Crippen LogP contribution in [0, 0.1) is 0 Å². The summed E-state index contributed by atoms with van der Waals surface area (Å²) in [5.41, 5.74) is -0.121. The molecule has 1 rings (SSSR count). The standard InChI is InChI=1S/C14H25ClN4O/c1-14(2,3)13-17-11(15)10-12(18-13)16-6-8-20-9-7-19(4)5/h10H,6-9H2,1-5H3,(H,16,17,18). The average Bonchev–Trinajstić information content (AvgIpc) is 2.31. The number of nitrogens with one attached hydrogen (secondary N) is 1. The molecular weight excluding hydrogens is 276 g/mol. The molecule has 0 aliphatic carbocycles. The lowest BCUT2D eigenvalue weighted by atomic mass is 9.96. The molecule has 0 amide bonds. The van der Waals surface area contributed by atoms with Gasteiger partial charge in [-0.15, -0.1) is 0 Å². The Morgan fingerprint density at radius 3 is 2.55 bits per heavy atom. The highest BCUT2D eigenvalue weighted by Gasteiger charge is 2.18. The summed E-state index contributed by atoms with van der Waals surface area (Å²) in [5, 5.41) is 3.67. The van der Waals surface area contributed by atoms with Crippen molar-refractivity contribution in [1.29, 1.82) is 0 Å². The van der Waals surface area contributed by atoms with Gasteiger partial charge in [0.25, 0.3) is 0 Å². The molecule has 0 radical (unpaired) electrons. The first-order chi connectivity index (χ1) is 9.29. The van der Waals surface area contributed by atoms with E-state index in [0.717, 1.165) is 24.8 Å². The van der Waals surface area contributed by atoms with E-state index in [4.69, 9.17) is 16.3 Å². The number of nitrogens with zero attached hydrogens (tertiary/aromatic N) is 3. The van der Waals surface area contributed by atoms with Gasteiger partial charge in [0.1, 0.15) is 16.8 Å². The number of likely N-dealkylation sites (N-methyl/N-ethyl adjacent to an activating group) is 1. The fraction of sp³-hybridized carbons (Fsp3) is 0.714. The zero-order chi connectivity index (χ0) is 15.2. The molecule has 1 N–H and O–H groups in total. The number of rotatable bonds is 7. The molecular formula is C14H25ClN4O. The third-order valence-electron chi connectivity index (χ3n) is 2.60. The van der Waals surface area contributed by atoms with E-state index in [-0.39, 0.29) is 5.41 Å². The topological polar surface area (TPSA) is 50.3 Å². The van der Waals surface area contributed by atoms with Gasteiger partial charge in [0.15, 0.2) is 0 Å². The predicted octanol–water partition coefficient (Wildman–Crippen LogP) is 2.42. The Hall–Kier alpha value is -0.910. The Balaban J connectivity index is 2.42. The Kier molecular flexibility index (Phi) is 6.65. The summed E-state index contributed by atoms with van der Waals surface area (Å²) in [4.78, 5) is 10.8. The van der Waals surface area contributed by atoms with E-state index in [1.165, 1.54) is 0 Å². The Morgan fingerprint density at radius 1 is 1.25 bits per heavy atom. The van der Waals surface area contributed by atoms with Gasteiger partial charge in [-0.1, -0.05) is 32.4 Å². The first-order valence-electron chi connectivity index (χ1n) is 6.80. The predicted molar refractivity (Wildman–Crippen MR) is 83.6 cm³/mol. The highest BCUT2D eigenvalue weighted by atomic mass is 35.5. The van der Waals surface area contributed by atoms with Crippen molar-refractivity contribution in [3.63, 3.8) is 0 Å². The van der Waals surface area contributed by atoms with Gasteiger partial charge in [-0.3, -0.25) is 0 Å². The minimum Gasteiger partial charge on any atom is -0.378 e. The van der Waals surface area contributed by atoms with Gasteiger partial charge >= 0.3 is 0 Å². The zero-order valence-corrected chi connectivity index (χ0v) is 13.8. The first-order valence-corrected chi connectivity index (χ1v) is 7.18. The van der Waals surface area contributed by atoms with Crippen LogP contribution in [0.4, 0.5) is 5.82 Å². The van der Waals surface area contributed by atoms with Crippen LogP contribution in [0.25, 0.3) is 0 Å². The number of hydrogen-bond donors (Lipinski definition) is 1. The molecule has 0 saturated carbocycles. The molecule has 0 saturated heterocycles. The maximum atomic E-state index is 6.03. The normalized spacial score (nSPS) is 11.9. The van der Waals surface area contributed by atoms with Crippen molar-refractivity contribution >= 4 is 17.4 Å². The SMILES string of the molecule is CN(C)CCOCCNc1cc(Cl)nc(C(C)(C)C)n1. The molecule has 0 aliphatic heterocycles. The van der Waals surface area contributed by atoms with Crippen LogP contribution < -0.4 is 5.32 Å². The van der Waals surface area contributed by atoms with Gasteiger partial charge in [0, 0.05) is 24.6 Å². The lowest BCUT2D eigenvalue weighted by Crippen LogP contribution is -2.21. The fourth-order valence-corrected chi connectivity index (χ4v) is 1.63. The van der Waals surface area contributed by atoms with E-state index in [2.05, 4.69) is 41.0 Å². The van der Waals surface area contributed by atoms with Crippen molar-refractivity contribution < 1.29 is 4.74 Å². The highest BCUT2D eigenvalue weighted by molar-refractivity contribution is 6.29. The van der Waals surface area contributed by atoms with E-state index in [0.29, 0.717) is 18.3 Å². The van der Waals surface area contributed by atoms with Gasteiger partial charge in [0.05, 0.1) is 13.2 Å². The molecule has 1 aromatic heterocycles. The molecule has 0 spiro atoms. The number of anilines is 1. The van der Waals surface area contributed by atoms with Gasteiger partial charge in [-0.2, -0.15) is 0 Å². The summed E-state index contributed by atoms with van der Waals surface area (Å²) in [5.74, 6) is 1.48. The third kappa shape index (κ3) is 6.50. The van der Waals surface area contributed by atoms with Crippen molar-refractivity contribution in [1.82, 2.24) is 14.9 Å². The molecule has 0 aromatic carbocycles. The van der Waals surface area contributed by atoms with Gasteiger partial charge in [-0.25, -0.2) is 9.97 Å². The minimum atomic E-state index is -0.121. The summed E-state index contributed by atoms with van der Waals surface area (Å²) in [7, 11) is 4.05. The second kappa shape index (κ2) is 7.76. The van der Waals surface area contributed by atoms with Crippen LogP contribution in [0.2, 0.25) is 5.15 Å². The first kappa shape index (κ1) is 17.1. The summed E-state index contributed by atoms with van der Waals surface area (Å²) >= 11 is 6.03. The van der Waals surface area contributed by atoms with Crippen molar-refractivity contribution in [2.45, 2.75) is 26.2 Å². The largest absolute Gasteiger partial charge is 0.378 e. The Morgan fingerprint density at radius 2 is 1.95 bits per heavy atom. The molecule has 20 heavy (non-hydrogen) atoms. The van der Waals surface area contributed by atoms with Crippen LogP contribution in [-0.4, -0.2) is 55.3 Å². The maximum Gasteiger partial charge on any atom is 0.137 e. The van der Waals surface area contributed by atoms with Crippen LogP contribution in [0.1, 0.15) is 26.6 Å². The zero-order valence-electron chi connectivity index (χ0n) is 13.0. The molecule has 5 nitrogen and oxygen atoms in total. The fourth-order valence-electron chi connectivity index (χ4n) is 1.44. The van der Waals surface area contributed by atoms with E-state index >= 15 is 0 Å². The van der Waals surface area contributed by atoms with Crippen LogP contribution in [-0.2, 0) is 10.2 Å². The van der Waals surface area contributed by atoms with E-state index < -0.39 is 0 Å². The number of hydrogen-bond acceptors (Lipinski definition) is 5. The average molecular weight is 301 g/mol. The molecule has 114 valence electrons. The van der Waals surface area contributed by atoms with Crippen LogP contribution >= 0.6 is 11.6 Å². The molecule has 6 heteroatoms.